The van der Waals surface area contributed by atoms with Crippen molar-refractivity contribution in [3.63, 3.8) is 0 Å². The first-order chi connectivity index (χ1) is 7.70. The van der Waals surface area contributed by atoms with Crippen molar-refractivity contribution < 1.29 is 0 Å². The third-order valence-corrected chi connectivity index (χ3v) is 3.01. The second-order valence-corrected chi connectivity index (χ2v) is 4.24. The number of anilines is 2. The van der Waals surface area contributed by atoms with Crippen LogP contribution in [0.5, 0.6) is 0 Å². The van der Waals surface area contributed by atoms with Crippen LogP contribution in [0.25, 0.3) is 0 Å². The van der Waals surface area contributed by atoms with Crippen molar-refractivity contribution >= 4 is 11.4 Å². The SMILES string of the molecule is CCCCN(c1ccncc1N)C(C)CC. The van der Waals surface area contributed by atoms with Gasteiger partial charge in [-0.1, -0.05) is 20.3 Å². The molecule has 16 heavy (non-hydrogen) atoms. The van der Waals surface area contributed by atoms with Crippen LogP contribution in [0.1, 0.15) is 40.0 Å². The molecule has 1 aromatic rings. The minimum Gasteiger partial charge on any atom is -0.396 e. The zero-order valence-corrected chi connectivity index (χ0v) is 10.6. The third-order valence-electron chi connectivity index (χ3n) is 3.01. The average molecular weight is 221 g/mol. The molecule has 1 heterocycles. The van der Waals surface area contributed by atoms with Gasteiger partial charge in [0.25, 0.3) is 0 Å². The fourth-order valence-corrected chi connectivity index (χ4v) is 1.79. The minimum atomic E-state index is 0.524. The van der Waals surface area contributed by atoms with E-state index in [0.29, 0.717) is 6.04 Å². The average Bonchev–Trinajstić information content (AvgIpc) is 2.31. The van der Waals surface area contributed by atoms with Gasteiger partial charge >= 0.3 is 0 Å². The van der Waals surface area contributed by atoms with Crippen LogP contribution in [0.4, 0.5) is 11.4 Å². The summed E-state index contributed by atoms with van der Waals surface area (Å²) >= 11 is 0. The maximum Gasteiger partial charge on any atom is 0.0738 e. The number of nitrogens with zero attached hydrogens (tertiary/aromatic N) is 2. The highest BCUT2D eigenvalue weighted by atomic mass is 15.2. The molecule has 0 saturated heterocycles. The van der Waals surface area contributed by atoms with Crippen LogP contribution < -0.4 is 10.6 Å². The molecule has 2 N–H and O–H groups in total. The van der Waals surface area contributed by atoms with Gasteiger partial charge < -0.3 is 10.6 Å². The van der Waals surface area contributed by atoms with E-state index < -0.39 is 0 Å². The molecular weight excluding hydrogens is 198 g/mol. The molecular formula is C13H23N3. The van der Waals surface area contributed by atoms with E-state index in [1.54, 1.807) is 6.20 Å². The molecule has 0 saturated carbocycles. The first-order valence-corrected chi connectivity index (χ1v) is 6.16. The minimum absolute atomic E-state index is 0.524. The maximum atomic E-state index is 5.98. The lowest BCUT2D eigenvalue weighted by Crippen LogP contribution is -2.34. The Morgan fingerprint density at radius 3 is 2.75 bits per heavy atom. The molecule has 90 valence electrons. The van der Waals surface area contributed by atoms with E-state index in [0.717, 1.165) is 24.3 Å². The predicted octanol–water partition coefficient (Wildman–Crippen LogP) is 3.07. The predicted molar refractivity (Wildman–Crippen MR) is 70.7 cm³/mol. The summed E-state index contributed by atoms with van der Waals surface area (Å²) in [6, 6.07) is 2.54. The Kier molecular flexibility index (Phi) is 5.09. The van der Waals surface area contributed by atoms with Gasteiger partial charge in [-0.25, -0.2) is 0 Å². The molecule has 0 aliphatic heterocycles. The highest BCUT2D eigenvalue weighted by Crippen LogP contribution is 2.24. The van der Waals surface area contributed by atoms with Crippen LogP contribution in [-0.4, -0.2) is 17.6 Å². The molecule has 0 aliphatic carbocycles. The molecule has 3 heteroatoms. The Morgan fingerprint density at radius 1 is 1.44 bits per heavy atom. The summed E-state index contributed by atoms with van der Waals surface area (Å²) in [7, 11) is 0. The molecule has 1 atom stereocenters. The number of nitrogen functional groups attached to an aromatic ring is 1. The molecule has 0 fully saturated rings. The van der Waals surface area contributed by atoms with Gasteiger partial charge in [0.05, 0.1) is 17.6 Å². The summed E-state index contributed by atoms with van der Waals surface area (Å²) in [5.74, 6) is 0. The highest BCUT2D eigenvalue weighted by molar-refractivity contribution is 5.66. The van der Waals surface area contributed by atoms with Gasteiger partial charge in [0.15, 0.2) is 0 Å². The molecule has 0 amide bonds. The molecule has 1 rings (SSSR count). The zero-order valence-electron chi connectivity index (χ0n) is 10.6. The monoisotopic (exact) mass is 221 g/mol. The number of hydrogen-bond acceptors (Lipinski definition) is 3. The number of rotatable bonds is 6. The van der Waals surface area contributed by atoms with Crippen molar-refractivity contribution in [2.45, 2.75) is 46.1 Å². The Morgan fingerprint density at radius 2 is 2.19 bits per heavy atom. The molecule has 1 aromatic heterocycles. The molecule has 0 aromatic carbocycles. The van der Waals surface area contributed by atoms with Gasteiger partial charge in [0, 0.05) is 18.8 Å². The number of unbranched alkanes of at least 4 members (excludes halogenated alkanes) is 1. The molecule has 0 spiro atoms. The fraction of sp³-hybridized carbons (Fsp3) is 0.615. The van der Waals surface area contributed by atoms with E-state index >= 15 is 0 Å². The van der Waals surface area contributed by atoms with Gasteiger partial charge in [-0.2, -0.15) is 0 Å². The van der Waals surface area contributed by atoms with Gasteiger partial charge in [-0.15, -0.1) is 0 Å². The second-order valence-electron chi connectivity index (χ2n) is 4.24. The highest BCUT2D eigenvalue weighted by Gasteiger charge is 2.14. The van der Waals surface area contributed by atoms with Crippen molar-refractivity contribution in [1.29, 1.82) is 0 Å². The number of pyridine rings is 1. The molecule has 3 nitrogen and oxygen atoms in total. The molecule has 1 unspecified atom stereocenters. The van der Waals surface area contributed by atoms with Crippen molar-refractivity contribution in [3.05, 3.63) is 18.5 Å². The van der Waals surface area contributed by atoms with Gasteiger partial charge in [-0.3, -0.25) is 4.98 Å². The van der Waals surface area contributed by atoms with E-state index in [1.165, 1.54) is 12.8 Å². The Balaban J connectivity index is 2.87. The van der Waals surface area contributed by atoms with Crippen molar-refractivity contribution in [1.82, 2.24) is 4.98 Å². The summed E-state index contributed by atoms with van der Waals surface area (Å²) in [6.07, 6.45) is 7.08. The first kappa shape index (κ1) is 12.8. The normalized spacial score (nSPS) is 12.4. The first-order valence-electron chi connectivity index (χ1n) is 6.16. The summed E-state index contributed by atoms with van der Waals surface area (Å²) in [4.78, 5) is 6.43. The number of aromatic nitrogens is 1. The maximum absolute atomic E-state index is 5.98. The van der Waals surface area contributed by atoms with Crippen molar-refractivity contribution in [2.75, 3.05) is 17.2 Å². The number of hydrogen-bond donors (Lipinski definition) is 1. The van der Waals surface area contributed by atoms with Crippen molar-refractivity contribution in [2.24, 2.45) is 0 Å². The third kappa shape index (κ3) is 3.12. The summed E-state index contributed by atoms with van der Waals surface area (Å²) < 4.78 is 0. The lowest BCUT2D eigenvalue weighted by Gasteiger charge is -2.31. The largest absolute Gasteiger partial charge is 0.396 e. The van der Waals surface area contributed by atoms with Crippen LogP contribution in [-0.2, 0) is 0 Å². The molecule has 0 bridgehead atoms. The van der Waals surface area contributed by atoms with Crippen LogP contribution in [0.2, 0.25) is 0 Å². The Hall–Kier alpha value is -1.25. The quantitative estimate of drug-likeness (QED) is 0.802. The van der Waals surface area contributed by atoms with E-state index in [1.807, 2.05) is 12.3 Å². The summed E-state index contributed by atoms with van der Waals surface area (Å²) in [6.45, 7) is 7.74. The van der Waals surface area contributed by atoms with Crippen LogP contribution >= 0.6 is 0 Å². The van der Waals surface area contributed by atoms with Gasteiger partial charge in [-0.05, 0) is 25.8 Å². The Bertz CT molecular complexity index is 312. The van der Waals surface area contributed by atoms with E-state index in [4.69, 9.17) is 5.73 Å². The standard InChI is InChI=1S/C13H23N3/c1-4-6-9-16(11(3)5-2)13-7-8-15-10-12(13)14/h7-8,10-11H,4-6,9,14H2,1-3H3. The lowest BCUT2D eigenvalue weighted by molar-refractivity contribution is 0.596. The van der Waals surface area contributed by atoms with Crippen molar-refractivity contribution in [3.8, 4) is 0 Å². The number of nitrogens with two attached hydrogens (primary N) is 1. The van der Waals surface area contributed by atoms with Gasteiger partial charge in [0.1, 0.15) is 0 Å². The smallest absolute Gasteiger partial charge is 0.0738 e. The Labute approximate surface area is 98.7 Å². The second kappa shape index (κ2) is 6.36. The van der Waals surface area contributed by atoms with Crippen LogP contribution in [0.15, 0.2) is 18.5 Å². The van der Waals surface area contributed by atoms with Crippen LogP contribution in [0.3, 0.4) is 0 Å². The van der Waals surface area contributed by atoms with E-state index in [2.05, 4.69) is 30.7 Å². The lowest BCUT2D eigenvalue weighted by atomic mass is 10.1. The summed E-state index contributed by atoms with van der Waals surface area (Å²) in [5.41, 5.74) is 7.88. The van der Waals surface area contributed by atoms with E-state index in [9.17, 15) is 0 Å². The zero-order chi connectivity index (χ0) is 12.0. The fourth-order valence-electron chi connectivity index (χ4n) is 1.79. The molecule has 0 radical (unpaired) electrons. The van der Waals surface area contributed by atoms with Crippen LogP contribution in [0, 0.1) is 0 Å². The van der Waals surface area contributed by atoms with Gasteiger partial charge in [0.2, 0.25) is 0 Å². The molecule has 0 aliphatic rings. The summed E-state index contributed by atoms with van der Waals surface area (Å²) in [5, 5.41) is 0. The topological polar surface area (TPSA) is 42.2 Å². The van der Waals surface area contributed by atoms with E-state index in [-0.39, 0.29) is 0 Å².